The summed E-state index contributed by atoms with van der Waals surface area (Å²) in [6.07, 6.45) is 1.00. The molecule has 0 aromatic heterocycles. The first-order chi connectivity index (χ1) is 20.5. The Hall–Kier alpha value is -2.84. The molecule has 1 atom stereocenters. The smallest absolute Gasteiger partial charge is 0.251 e. The van der Waals surface area contributed by atoms with Gasteiger partial charge in [-0.25, -0.2) is 0 Å². The summed E-state index contributed by atoms with van der Waals surface area (Å²) in [4.78, 5) is 24.1. The van der Waals surface area contributed by atoms with E-state index in [2.05, 4.69) is 27.8 Å². The predicted molar refractivity (Wildman–Crippen MR) is 163 cm³/mol. The summed E-state index contributed by atoms with van der Waals surface area (Å²) in [5, 5.41) is 19.9. The van der Waals surface area contributed by atoms with Crippen LogP contribution in [0.25, 0.3) is 0 Å². The van der Waals surface area contributed by atoms with E-state index in [9.17, 15) is 9.59 Å². The van der Waals surface area contributed by atoms with Gasteiger partial charge in [-0.1, -0.05) is 38.7 Å². The Morgan fingerprint density at radius 1 is 0.976 bits per heavy atom. The van der Waals surface area contributed by atoms with Crippen LogP contribution >= 0.6 is 11.8 Å². The number of carbonyl (C=O) groups excluding carboxylic acids is 2. The molecule has 0 saturated carbocycles. The van der Waals surface area contributed by atoms with E-state index in [4.69, 9.17) is 28.9 Å². The van der Waals surface area contributed by atoms with Gasteiger partial charge in [-0.05, 0) is 42.9 Å². The minimum atomic E-state index is -0.510. The van der Waals surface area contributed by atoms with Crippen molar-refractivity contribution in [3.05, 3.63) is 29.8 Å². The molecular formula is C30H46N4O7S. The number of hydrogen-bond donors (Lipinski definition) is 3. The molecule has 0 radical (unpaired) electrons. The van der Waals surface area contributed by atoms with Crippen LogP contribution in [0.1, 0.15) is 44.0 Å². The maximum absolute atomic E-state index is 12.3. The monoisotopic (exact) mass is 606 g/mol. The van der Waals surface area contributed by atoms with Gasteiger partial charge < -0.3 is 39.6 Å². The minimum Gasteiger partial charge on any atom is -0.490 e. The summed E-state index contributed by atoms with van der Waals surface area (Å²) in [7, 11) is 0. The zero-order chi connectivity index (χ0) is 30.7. The molecule has 42 heavy (non-hydrogen) atoms. The minimum absolute atomic E-state index is 0.0357. The number of hydrogen-bond acceptors (Lipinski definition) is 10. The van der Waals surface area contributed by atoms with Crippen molar-refractivity contribution >= 4 is 23.6 Å². The number of rotatable bonds is 24. The van der Waals surface area contributed by atoms with Crippen LogP contribution in [0.3, 0.4) is 0 Å². The number of benzene rings is 1. The Bertz CT molecular complexity index is 978. The van der Waals surface area contributed by atoms with Gasteiger partial charge in [-0.15, -0.1) is 0 Å². The van der Waals surface area contributed by atoms with Gasteiger partial charge in [0, 0.05) is 44.1 Å². The first-order valence-corrected chi connectivity index (χ1v) is 15.2. The van der Waals surface area contributed by atoms with Crippen molar-refractivity contribution in [2.24, 2.45) is 5.92 Å². The number of thioether (sulfide) groups is 1. The second kappa shape index (κ2) is 25.8. The zero-order valence-corrected chi connectivity index (χ0v) is 25.9. The zero-order valence-electron chi connectivity index (χ0n) is 25.1. The van der Waals surface area contributed by atoms with Crippen molar-refractivity contribution < 1.29 is 33.3 Å². The van der Waals surface area contributed by atoms with Crippen LogP contribution in [0.5, 0.6) is 5.75 Å². The molecule has 1 aromatic rings. The van der Waals surface area contributed by atoms with Gasteiger partial charge in [0.25, 0.3) is 5.91 Å². The molecular weight excluding hydrogens is 560 g/mol. The molecule has 11 nitrogen and oxygen atoms in total. The molecule has 0 aliphatic carbocycles. The van der Waals surface area contributed by atoms with Crippen molar-refractivity contribution in [3.8, 4) is 23.0 Å². The Labute approximate surface area is 254 Å². The third-order valence-electron chi connectivity index (χ3n) is 5.23. The third-order valence-corrected chi connectivity index (χ3v) is 5.87. The fourth-order valence-electron chi connectivity index (χ4n) is 3.22. The fourth-order valence-corrected chi connectivity index (χ4v) is 3.64. The topological polar surface area (TPSA) is 140 Å². The second-order valence-corrected chi connectivity index (χ2v) is 10.1. The van der Waals surface area contributed by atoms with E-state index < -0.39 is 5.44 Å². The van der Waals surface area contributed by atoms with Gasteiger partial charge in [0.2, 0.25) is 5.91 Å². The second-order valence-electron chi connectivity index (χ2n) is 9.16. The quantitative estimate of drug-likeness (QED) is 0.0696. The van der Waals surface area contributed by atoms with E-state index in [0.29, 0.717) is 89.3 Å². The van der Waals surface area contributed by atoms with Crippen LogP contribution in [-0.2, 0) is 23.7 Å². The Kier molecular flexibility index (Phi) is 22.9. The van der Waals surface area contributed by atoms with E-state index >= 15 is 0 Å². The van der Waals surface area contributed by atoms with Gasteiger partial charge in [0.05, 0.1) is 33.0 Å². The van der Waals surface area contributed by atoms with E-state index in [1.165, 1.54) is 0 Å². The van der Waals surface area contributed by atoms with E-state index in [1.54, 1.807) is 24.3 Å². The first-order valence-electron chi connectivity index (χ1n) is 14.3. The molecule has 0 heterocycles. The maximum atomic E-state index is 12.3. The number of thiocyanates is 1. The van der Waals surface area contributed by atoms with Crippen molar-refractivity contribution in [3.63, 3.8) is 0 Å². The molecule has 1 aromatic carbocycles. The SMILES string of the molecule is CCNCCNC(=O)c1cccc(OCC(OCCOCCOCCCC(=O)NCCOCC#CC(C)C)SC#N)c1. The van der Waals surface area contributed by atoms with Crippen molar-refractivity contribution in [2.45, 2.75) is 39.0 Å². The number of nitrogens with one attached hydrogen (secondary N) is 3. The normalized spacial score (nSPS) is 11.3. The molecule has 0 bridgehead atoms. The lowest BCUT2D eigenvalue weighted by atomic mass is 10.2. The Balaban J connectivity index is 2.09. The van der Waals surface area contributed by atoms with Crippen LogP contribution in [0.15, 0.2) is 24.3 Å². The number of likely N-dealkylation sites (N-methyl/N-ethyl adjacent to an activating group) is 1. The highest BCUT2D eigenvalue weighted by molar-refractivity contribution is 8.04. The summed E-state index contributed by atoms with van der Waals surface area (Å²) in [6, 6.07) is 6.88. The van der Waals surface area contributed by atoms with E-state index in [1.807, 2.05) is 26.2 Å². The van der Waals surface area contributed by atoms with E-state index in [-0.39, 0.29) is 25.0 Å². The van der Waals surface area contributed by atoms with Crippen LogP contribution in [0.2, 0.25) is 0 Å². The summed E-state index contributed by atoms with van der Waals surface area (Å²) in [5.74, 6) is 6.57. The van der Waals surface area contributed by atoms with E-state index in [0.717, 1.165) is 18.3 Å². The summed E-state index contributed by atoms with van der Waals surface area (Å²) in [6.45, 7) is 11.4. The number of nitriles is 1. The van der Waals surface area contributed by atoms with Gasteiger partial charge in [0.15, 0.2) is 5.44 Å². The number of amides is 2. The molecule has 2 amide bonds. The predicted octanol–water partition coefficient (Wildman–Crippen LogP) is 2.57. The van der Waals surface area contributed by atoms with Gasteiger partial charge in [-0.3, -0.25) is 9.59 Å². The highest BCUT2D eigenvalue weighted by Gasteiger charge is 2.12. The molecule has 1 rings (SSSR count). The lowest BCUT2D eigenvalue weighted by molar-refractivity contribution is -0.121. The Morgan fingerprint density at radius 2 is 1.76 bits per heavy atom. The van der Waals surface area contributed by atoms with Crippen LogP contribution in [0, 0.1) is 28.4 Å². The molecule has 0 aliphatic rings. The van der Waals surface area contributed by atoms with Crippen LogP contribution in [0.4, 0.5) is 0 Å². The lowest BCUT2D eigenvalue weighted by Crippen LogP contribution is -2.31. The van der Waals surface area contributed by atoms with Gasteiger partial charge >= 0.3 is 0 Å². The highest BCUT2D eigenvalue weighted by Crippen LogP contribution is 2.17. The average Bonchev–Trinajstić information content (AvgIpc) is 2.98. The molecule has 1 unspecified atom stereocenters. The Morgan fingerprint density at radius 3 is 2.52 bits per heavy atom. The van der Waals surface area contributed by atoms with Gasteiger partial charge in [0.1, 0.15) is 24.4 Å². The van der Waals surface area contributed by atoms with Crippen LogP contribution in [-0.4, -0.2) is 96.3 Å². The molecule has 3 N–H and O–H groups in total. The van der Waals surface area contributed by atoms with Crippen molar-refractivity contribution in [1.82, 2.24) is 16.0 Å². The largest absolute Gasteiger partial charge is 0.490 e. The standard InChI is InChI=1S/C30H46N4O7S/c1-4-32-12-13-34-30(36)26-9-5-10-27(22-26)41-23-29(42-24-31)40-21-20-39-19-18-38-16-7-11-28(35)33-14-17-37-15-6-8-25(2)3/h5,9-10,22,25,29,32H,4,7,11-21,23H2,1-3H3,(H,33,35)(H,34,36). The van der Waals surface area contributed by atoms with Gasteiger partial charge in [-0.2, -0.15) is 5.26 Å². The summed E-state index contributed by atoms with van der Waals surface area (Å²) < 4.78 is 27.8. The fraction of sp³-hybridized carbons (Fsp3) is 0.633. The number of nitrogens with zero attached hydrogens (tertiary/aromatic N) is 1. The highest BCUT2D eigenvalue weighted by atomic mass is 32.2. The van der Waals surface area contributed by atoms with Crippen molar-refractivity contribution in [1.29, 1.82) is 5.26 Å². The lowest BCUT2D eigenvalue weighted by Gasteiger charge is -2.16. The molecule has 0 spiro atoms. The molecule has 0 saturated heterocycles. The average molecular weight is 607 g/mol. The molecule has 0 aliphatic heterocycles. The maximum Gasteiger partial charge on any atom is 0.251 e. The van der Waals surface area contributed by atoms with Crippen LogP contribution < -0.4 is 20.7 Å². The molecule has 0 fully saturated rings. The first kappa shape index (κ1) is 37.2. The third kappa shape index (κ3) is 20.9. The molecule has 12 heteroatoms. The molecule has 234 valence electrons. The van der Waals surface area contributed by atoms with Crippen molar-refractivity contribution in [2.75, 3.05) is 79.0 Å². The number of carbonyl (C=O) groups is 2. The number of ether oxygens (including phenoxy) is 5. The summed E-state index contributed by atoms with van der Waals surface area (Å²) >= 11 is 0.958. The summed E-state index contributed by atoms with van der Waals surface area (Å²) in [5.41, 5.74) is -0.0126.